The summed E-state index contributed by atoms with van der Waals surface area (Å²) < 4.78 is 16.9. The predicted octanol–water partition coefficient (Wildman–Crippen LogP) is 0.749. The third-order valence-corrected chi connectivity index (χ3v) is 4.52. The monoisotopic (exact) mass is 358 g/mol. The maximum atomic E-state index is 11.3. The number of nitrogens with zero attached hydrogens (tertiary/aromatic N) is 3. The molecule has 1 aromatic heterocycles. The lowest BCUT2D eigenvalue weighted by Gasteiger charge is -2.28. The van der Waals surface area contributed by atoms with Crippen LogP contribution in [0.5, 0.6) is 5.88 Å². The van der Waals surface area contributed by atoms with Crippen LogP contribution in [0.1, 0.15) is 6.92 Å². The Kier molecular flexibility index (Phi) is 4.85. The molecule has 0 amide bonds. The summed E-state index contributed by atoms with van der Waals surface area (Å²) in [5.74, 6) is 0.808. The lowest BCUT2D eigenvalue weighted by Crippen LogP contribution is -2.44. The number of hydrogen-bond donors (Lipinski definition) is 1. The van der Waals surface area contributed by atoms with Gasteiger partial charge in [0.2, 0.25) is 11.8 Å². The number of nitrogens with one attached hydrogen (secondary N) is 1. The Hall–Kier alpha value is -2.45. The average molecular weight is 358 g/mol. The smallest absolute Gasteiger partial charge is 0.303 e. The first-order chi connectivity index (χ1) is 12.7. The maximum Gasteiger partial charge on any atom is 0.303 e. The summed E-state index contributed by atoms with van der Waals surface area (Å²) >= 11 is 0. The molecule has 1 aromatic carbocycles. The third-order valence-electron chi connectivity index (χ3n) is 4.52. The van der Waals surface area contributed by atoms with Crippen molar-refractivity contribution >= 4 is 22.8 Å². The molecule has 0 aliphatic carbocycles. The van der Waals surface area contributed by atoms with Crippen molar-refractivity contribution in [2.24, 2.45) is 0 Å². The summed E-state index contributed by atoms with van der Waals surface area (Å²) in [5.41, 5.74) is 0.828. The van der Waals surface area contributed by atoms with Gasteiger partial charge in [-0.1, -0.05) is 12.1 Å². The number of carbonyl (C=O) groups excluding carboxylic acids is 1. The molecule has 2 fully saturated rings. The lowest BCUT2D eigenvalue weighted by molar-refractivity contribution is -0.149. The van der Waals surface area contributed by atoms with Crippen LogP contribution in [-0.4, -0.2) is 67.5 Å². The van der Waals surface area contributed by atoms with E-state index < -0.39 is 6.10 Å². The fraction of sp³-hybridized carbons (Fsp3) is 0.500. The van der Waals surface area contributed by atoms with E-state index in [0.29, 0.717) is 25.0 Å². The van der Waals surface area contributed by atoms with Crippen LogP contribution < -0.4 is 15.0 Å². The molecule has 1 N–H and O–H groups in total. The number of esters is 1. The topological polar surface area (TPSA) is 85.8 Å². The van der Waals surface area contributed by atoms with Gasteiger partial charge in [-0.2, -0.15) is 4.98 Å². The van der Waals surface area contributed by atoms with E-state index in [1.54, 1.807) is 0 Å². The standard InChI is InChI=1S/C18H22N4O4/c1-12(23)25-15-10-24-11-16(15)26-17-13-4-2-3-5-14(13)20-18(21-17)22-8-6-19-7-9-22/h2-5,15-16,19H,6-11H2,1H3/t15-,16-/m1/s1. The summed E-state index contributed by atoms with van der Waals surface area (Å²) in [6.45, 7) is 5.57. The van der Waals surface area contributed by atoms with E-state index >= 15 is 0 Å². The molecule has 0 unspecified atom stereocenters. The van der Waals surface area contributed by atoms with Gasteiger partial charge in [0.25, 0.3) is 0 Å². The Labute approximate surface area is 151 Å². The Balaban J connectivity index is 1.65. The number of hydrogen-bond acceptors (Lipinski definition) is 8. The molecule has 2 saturated heterocycles. The first-order valence-corrected chi connectivity index (χ1v) is 8.85. The van der Waals surface area contributed by atoms with Crippen molar-refractivity contribution in [2.75, 3.05) is 44.3 Å². The molecule has 2 aliphatic rings. The molecular formula is C18H22N4O4. The van der Waals surface area contributed by atoms with E-state index in [2.05, 4.69) is 15.2 Å². The van der Waals surface area contributed by atoms with Crippen molar-refractivity contribution < 1.29 is 19.0 Å². The normalized spacial score (nSPS) is 23.2. The Morgan fingerprint density at radius 2 is 1.96 bits per heavy atom. The van der Waals surface area contributed by atoms with Crippen molar-refractivity contribution in [3.05, 3.63) is 24.3 Å². The molecule has 8 heteroatoms. The van der Waals surface area contributed by atoms with Gasteiger partial charge in [-0.3, -0.25) is 4.79 Å². The molecule has 2 aliphatic heterocycles. The van der Waals surface area contributed by atoms with E-state index in [1.165, 1.54) is 6.92 Å². The van der Waals surface area contributed by atoms with Crippen LogP contribution in [0.4, 0.5) is 5.95 Å². The molecule has 2 aromatic rings. The second-order valence-electron chi connectivity index (χ2n) is 6.42. The highest BCUT2D eigenvalue weighted by Gasteiger charge is 2.33. The second kappa shape index (κ2) is 7.43. The number of benzene rings is 1. The Bertz CT molecular complexity index is 794. The molecular weight excluding hydrogens is 336 g/mol. The number of piperazine rings is 1. The molecule has 3 heterocycles. The number of aromatic nitrogens is 2. The summed E-state index contributed by atoms with van der Waals surface area (Å²) in [7, 11) is 0. The number of para-hydroxylation sites is 1. The fourth-order valence-corrected chi connectivity index (χ4v) is 3.22. The lowest BCUT2D eigenvalue weighted by atomic mass is 10.2. The highest BCUT2D eigenvalue weighted by atomic mass is 16.6. The van der Waals surface area contributed by atoms with Crippen LogP contribution in [0.25, 0.3) is 10.9 Å². The minimum absolute atomic E-state index is 0.331. The van der Waals surface area contributed by atoms with Crippen molar-refractivity contribution in [1.82, 2.24) is 15.3 Å². The number of ether oxygens (including phenoxy) is 3. The van der Waals surface area contributed by atoms with Crippen LogP contribution in [0, 0.1) is 0 Å². The van der Waals surface area contributed by atoms with Gasteiger partial charge in [0.05, 0.1) is 24.1 Å². The van der Waals surface area contributed by atoms with E-state index in [9.17, 15) is 4.79 Å². The molecule has 0 spiro atoms. The minimum Gasteiger partial charge on any atom is -0.467 e. The summed E-state index contributed by atoms with van der Waals surface area (Å²) in [6.07, 6.45) is -0.808. The molecule has 8 nitrogen and oxygen atoms in total. The minimum atomic E-state index is -0.427. The van der Waals surface area contributed by atoms with Crippen molar-refractivity contribution in [1.29, 1.82) is 0 Å². The molecule has 4 rings (SSSR count). The molecule has 0 radical (unpaired) electrons. The van der Waals surface area contributed by atoms with Crippen molar-refractivity contribution in [2.45, 2.75) is 19.1 Å². The molecule has 2 atom stereocenters. The van der Waals surface area contributed by atoms with E-state index in [4.69, 9.17) is 19.2 Å². The van der Waals surface area contributed by atoms with E-state index in [0.717, 1.165) is 37.1 Å². The SMILES string of the molecule is CC(=O)O[C@@H]1COC[C@H]1Oc1nc(N2CCNCC2)nc2ccccc12. The first kappa shape index (κ1) is 17.0. The predicted molar refractivity (Wildman–Crippen MR) is 95.4 cm³/mol. The molecule has 0 bridgehead atoms. The number of carbonyl (C=O) groups is 1. The average Bonchev–Trinajstić information content (AvgIpc) is 3.08. The molecule has 26 heavy (non-hydrogen) atoms. The quantitative estimate of drug-likeness (QED) is 0.802. The van der Waals surface area contributed by atoms with Gasteiger partial charge in [0.15, 0.2) is 12.2 Å². The summed E-state index contributed by atoms with van der Waals surface area (Å²) in [4.78, 5) is 22.8. The highest BCUT2D eigenvalue weighted by molar-refractivity contribution is 5.84. The van der Waals surface area contributed by atoms with Gasteiger partial charge in [0, 0.05) is 33.1 Å². The zero-order valence-electron chi connectivity index (χ0n) is 14.7. The van der Waals surface area contributed by atoms with E-state index in [-0.39, 0.29) is 12.1 Å². The Morgan fingerprint density at radius 1 is 1.19 bits per heavy atom. The van der Waals surface area contributed by atoms with Gasteiger partial charge < -0.3 is 24.4 Å². The van der Waals surface area contributed by atoms with Crippen LogP contribution in [0.2, 0.25) is 0 Å². The number of anilines is 1. The van der Waals surface area contributed by atoms with E-state index in [1.807, 2.05) is 24.3 Å². The van der Waals surface area contributed by atoms with Gasteiger partial charge in [-0.25, -0.2) is 4.98 Å². The molecule has 0 saturated carbocycles. The van der Waals surface area contributed by atoms with Gasteiger partial charge in [0.1, 0.15) is 0 Å². The first-order valence-electron chi connectivity index (χ1n) is 8.85. The van der Waals surface area contributed by atoms with Crippen LogP contribution in [0.15, 0.2) is 24.3 Å². The van der Waals surface area contributed by atoms with Gasteiger partial charge >= 0.3 is 5.97 Å². The van der Waals surface area contributed by atoms with Gasteiger partial charge in [-0.05, 0) is 12.1 Å². The van der Waals surface area contributed by atoms with Crippen LogP contribution >= 0.6 is 0 Å². The fourth-order valence-electron chi connectivity index (χ4n) is 3.22. The van der Waals surface area contributed by atoms with Crippen molar-refractivity contribution in [3.63, 3.8) is 0 Å². The van der Waals surface area contributed by atoms with Crippen LogP contribution in [-0.2, 0) is 14.3 Å². The zero-order chi connectivity index (χ0) is 17.9. The Morgan fingerprint density at radius 3 is 2.77 bits per heavy atom. The third kappa shape index (κ3) is 3.56. The zero-order valence-corrected chi connectivity index (χ0v) is 14.7. The largest absolute Gasteiger partial charge is 0.467 e. The maximum absolute atomic E-state index is 11.3. The molecule has 138 valence electrons. The van der Waals surface area contributed by atoms with Crippen LogP contribution in [0.3, 0.4) is 0 Å². The second-order valence-corrected chi connectivity index (χ2v) is 6.42. The number of rotatable bonds is 4. The van der Waals surface area contributed by atoms with Gasteiger partial charge in [-0.15, -0.1) is 0 Å². The summed E-state index contributed by atoms with van der Waals surface area (Å²) in [6, 6.07) is 7.76. The van der Waals surface area contributed by atoms with Crippen molar-refractivity contribution in [3.8, 4) is 5.88 Å². The number of fused-ring (bicyclic) bond motifs is 1. The highest BCUT2D eigenvalue weighted by Crippen LogP contribution is 2.28. The summed E-state index contributed by atoms with van der Waals surface area (Å²) in [5, 5.41) is 4.16.